The highest BCUT2D eigenvalue weighted by Crippen LogP contribution is 2.16. The number of hydrogen-bond acceptors (Lipinski definition) is 2. The minimum Gasteiger partial charge on any atom is -0.324 e. The minimum absolute atomic E-state index is 0.385. The number of halogens is 1. The Kier molecular flexibility index (Phi) is 2.50. The molecule has 0 saturated carbocycles. The average molecular weight is 151 g/mol. The van der Waals surface area contributed by atoms with Gasteiger partial charge in [0.2, 0.25) is 0 Å². The molecule has 2 nitrogen and oxygen atoms in total. The summed E-state index contributed by atoms with van der Waals surface area (Å²) in [6.45, 7) is 5.59. The van der Waals surface area contributed by atoms with Crippen molar-refractivity contribution in [3.05, 3.63) is 0 Å². The number of rotatable bonds is 2. The van der Waals surface area contributed by atoms with Crippen molar-refractivity contribution in [1.29, 1.82) is 0 Å². The van der Waals surface area contributed by atoms with Gasteiger partial charge in [-0.25, -0.2) is 0 Å². The molecule has 1 atom stereocenters. The zero-order valence-electron chi connectivity index (χ0n) is 6.24. The van der Waals surface area contributed by atoms with Crippen LogP contribution in [0, 0.1) is 0 Å². The molecular formula is C6H15ClN2. The molecule has 0 aromatic carbocycles. The molecule has 0 spiro atoms. The third-order valence-electron chi connectivity index (χ3n) is 1.75. The van der Waals surface area contributed by atoms with E-state index in [9.17, 15) is 0 Å². The van der Waals surface area contributed by atoms with Gasteiger partial charge in [-0.3, -0.25) is 0 Å². The third-order valence-corrected chi connectivity index (χ3v) is 2.30. The molecule has 0 aliphatic rings. The maximum atomic E-state index is 5.74. The molecule has 0 heterocycles. The molecule has 0 radical (unpaired) electrons. The Morgan fingerprint density at radius 2 is 1.56 bits per heavy atom. The fourth-order valence-corrected chi connectivity index (χ4v) is 0.517. The lowest BCUT2D eigenvalue weighted by atomic mass is 9.84. The lowest BCUT2D eigenvalue weighted by Crippen LogP contribution is -2.61. The SMILES string of the molecule is CC(C)(N)C(C)(N)CCl. The van der Waals surface area contributed by atoms with Crippen LogP contribution in [-0.4, -0.2) is 17.0 Å². The first kappa shape index (κ1) is 9.21. The van der Waals surface area contributed by atoms with E-state index in [1.807, 2.05) is 20.8 Å². The molecule has 4 N–H and O–H groups in total. The molecule has 0 amide bonds. The first-order valence-electron chi connectivity index (χ1n) is 2.95. The summed E-state index contributed by atoms with van der Waals surface area (Å²) in [7, 11) is 0. The highest BCUT2D eigenvalue weighted by Gasteiger charge is 2.32. The second-order valence-corrected chi connectivity index (χ2v) is 3.54. The van der Waals surface area contributed by atoms with Crippen LogP contribution >= 0.6 is 11.6 Å². The summed E-state index contributed by atoms with van der Waals surface area (Å²) in [5.41, 5.74) is 10.6. The van der Waals surface area contributed by atoms with E-state index in [4.69, 9.17) is 23.1 Å². The molecule has 0 aliphatic carbocycles. The van der Waals surface area contributed by atoms with Crippen molar-refractivity contribution in [3.8, 4) is 0 Å². The summed E-state index contributed by atoms with van der Waals surface area (Å²) >= 11 is 5.57. The minimum atomic E-state index is -0.478. The molecule has 0 saturated heterocycles. The molecule has 0 aliphatic heterocycles. The monoisotopic (exact) mass is 150 g/mol. The maximum absolute atomic E-state index is 5.74. The summed E-state index contributed by atoms with van der Waals surface area (Å²) < 4.78 is 0. The summed E-state index contributed by atoms with van der Waals surface area (Å²) in [4.78, 5) is 0. The molecule has 0 aromatic heterocycles. The topological polar surface area (TPSA) is 52.0 Å². The highest BCUT2D eigenvalue weighted by molar-refractivity contribution is 6.18. The van der Waals surface area contributed by atoms with Crippen molar-refractivity contribution in [2.75, 3.05) is 5.88 Å². The van der Waals surface area contributed by atoms with Crippen LogP contribution in [0.2, 0.25) is 0 Å². The summed E-state index contributed by atoms with van der Waals surface area (Å²) in [6.07, 6.45) is 0. The summed E-state index contributed by atoms with van der Waals surface area (Å²) in [5.74, 6) is 0.385. The Labute approximate surface area is 61.5 Å². The van der Waals surface area contributed by atoms with E-state index in [1.165, 1.54) is 0 Å². The van der Waals surface area contributed by atoms with Crippen molar-refractivity contribution in [2.45, 2.75) is 31.8 Å². The zero-order chi connectivity index (χ0) is 7.71. The van der Waals surface area contributed by atoms with Crippen LogP contribution in [0.5, 0.6) is 0 Å². The van der Waals surface area contributed by atoms with Crippen LogP contribution in [0.25, 0.3) is 0 Å². The van der Waals surface area contributed by atoms with Gasteiger partial charge in [0.05, 0.1) is 0 Å². The maximum Gasteiger partial charge on any atom is 0.0439 e. The molecule has 0 bridgehead atoms. The fourth-order valence-electron chi connectivity index (χ4n) is 0.172. The first-order valence-corrected chi connectivity index (χ1v) is 3.48. The standard InChI is InChI=1S/C6H15ClN2/c1-5(2,8)6(3,9)4-7/h4,8-9H2,1-3H3. The number of alkyl halides is 1. The third kappa shape index (κ3) is 2.12. The molecule has 1 unspecified atom stereocenters. The second kappa shape index (κ2) is 2.45. The van der Waals surface area contributed by atoms with Gasteiger partial charge in [-0.15, -0.1) is 11.6 Å². The molecule has 0 rings (SSSR count). The van der Waals surface area contributed by atoms with E-state index >= 15 is 0 Å². The van der Waals surface area contributed by atoms with E-state index in [0.29, 0.717) is 5.88 Å². The van der Waals surface area contributed by atoms with Gasteiger partial charge in [0.15, 0.2) is 0 Å². The quantitative estimate of drug-likeness (QED) is 0.569. The fraction of sp³-hybridized carbons (Fsp3) is 1.00. The van der Waals surface area contributed by atoms with Gasteiger partial charge in [-0.1, -0.05) is 0 Å². The van der Waals surface area contributed by atoms with Crippen LogP contribution in [0.15, 0.2) is 0 Å². The van der Waals surface area contributed by atoms with Gasteiger partial charge in [0, 0.05) is 17.0 Å². The normalized spacial score (nSPS) is 19.3. The Bertz CT molecular complexity index is 93.7. The summed E-state index contributed by atoms with van der Waals surface area (Å²) in [6, 6.07) is 0. The Morgan fingerprint density at radius 1 is 1.22 bits per heavy atom. The van der Waals surface area contributed by atoms with Gasteiger partial charge in [0.1, 0.15) is 0 Å². The van der Waals surface area contributed by atoms with Crippen molar-refractivity contribution < 1.29 is 0 Å². The van der Waals surface area contributed by atoms with Gasteiger partial charge in [-0.05, 0) is 20.8 Å². The Balaban J connectivity index is 4.14. The van der Waals surface area contributed by atoms with E-state index in [0.717, 1.165) is 0 Å². The van der Waals surface area contributed by atoms with Gasteiger partial charge in [0.25, 0.3) is 0 Å². The molecular weight excluding hydrogens is 136 g/mol. The van der Waals surface area contributed by atoms with Gasteiger partial charge < -0.3 is 11.5 Å². The summed E-state index contributed by atoms with van der Waals surface area (Å²) in [5, 5.41) is 0. The average Bonchev–Trinajstić information content (AvgIpc) is 1.64. The van der Waals surface area contributed by atoms with Crippen LogP contribution in [0.3, 0.4) is 0 Å². The largest absolute Gasteiger partial charge is 0.324 e. The lowest BCUT2D eigenvalue weighted by Gasteiger charge is -2.36. The molecule has 9 heavy (non-hydrogen) atoms. The smallest absolute Gasteiger partial charge is 0.0439 e. The van der Waals surface area contributed by atoms with E-state index in [2.05, 4.69) is 0 Å². The second-order valence-electron chi connectivity index (χ2n) is 3.27. The lowest BCUT2D eigenvalue weighted by molar-refractivity contribution is 0.314. The predicted octanol–water partition coefficient (Wildman–Crippen LogP) is 0.680. The van der Waals surface area contributed by atoms with Crippen molar-refractivity contribution in [1.82, 2.24) is 0 Å². The van der Waals surface area contributed by atoms with Crippen LogP contribution < -0.4 is 11.5 Å². The molecule has 3 heteroatoms. The van der Waals surface area contributed by atoms with Crippen LogP contribution in [0.1, 0.15) is 20.8 Å². The van der Waals surface area contributed by atoms with Crippen LogP contribution in [-0.2, 0) is 0 Å². The van der Waals surface area contributed by atoms with Crippen molar-refractivity contribution >= 4 is 11.6 Å². The van der Waals surface area contributed by atoms with Crippen molar-refractivity contribution in [2.24, 2.45) is 11.5 Å². The highest BCUT2D eigenvalue weighted by atomic mass is 35.5. The van der Waals surface area contributed by atoms with Crippen LogP contribution in [0.4, 0.5) is 0 Å². The first-order chi connectivity index (χ1) is 3.81. The molecule has 0 fully saturated rings. The molecule has 0 aromatic rings. The Morgan fingerprint density at radius 3 is 1.56 bits per heavy atom. The van der Waals surface area contributed by atoms with E-state index in [1.54, 1.807) is 0 Å². The van der Waals surface area contributed by atoms with Crippen molar-refractivity contribution in [3.63, 3.8) is 0 Å². The zero-order valence-corrected chi connectivity index (χ0v) is 7.00. The van der Waals surface area contributed by atoms with Gasteiger partial charge in [-0.2, -0.15) is 0 Å². The Hall–Kier alpha value is 0.210. The number of nitrogens with two attached hydrogens (primary N) is 2. The van der Waals surface area contributed by atoms with E-state index < -0.39 is 11.1 Å². The van der Waals surface area contributed by atoms with E-state index in [-0.39, 0.29) is 0 Å². The predicted molar refractivity (Wildman–Crippen MR) is 41.6 cm³/mol. The molecule has 56 valence electrons. The van der Waals surface area contributed by atoms with Gasteiger partial charge >= 0.3 is 0 Å². The number of hydrogen-bond donors (Lipinski definition) is 2.